The zero-order chi connectivity index (χ0) is 12.1. The van der Waals surface area contributed by atoms with Gasteiger partial charge in [-0.1, -0.05) is 30.3 Å². The van der Waals surface area contributed by atoms with Gasteiger partial charge in [-0.2, -0.15) is 5.10 Å². The van der Waals surface area contributed by atoms with Crippen LogP contribution in [-0.4, -0.2) is 9.78 Å². The van der Waals surface area contributed by atoms with Crippen molar-refractivity contribution in [2.24, 2.45) is 12.9 Å². The van der Waals surface area contributed by atoms with Gasteiger partial charge in [0.15, 0.2) is 0 Å². The Balaban J connectivity index is 1.99. The molecule has 0 radical (unpaired) electrons. The number of benzene rings is 1. The molecular weight excluding hydrogens is 212 g/mol. The summed E-state index contributed by atoms with van der Waals surface area (Å²) in [7, 11) is 1.96. The van der Waals surface area contributed by atoms with Crippen LogP contribution in [-0.2, 0) is 13.5 Å². The predicted octanol–water partition coefficient (Wildman–Crippen LogP) is 1.56. The fraction of sp³-hybridized carbons (Fsp3) is 0.308. The van der Waals surface area contributed by atoms with E-state index in [4.69, 9.17) is 5.84 Å². The monoisotopic (exact) mass is 230 g/mol. The topological polar surface area (TPSA) is 55.9 Å². The van der Waals surface area contributed by atoms with Crippen molar-refractivity contribution in [1.82, 2.24) is 15.2 Å². The van der Waals surface area contributed by atoms with Crippen LogP contribution in [0.3, 0.4) is 0 Å². The molecule has 0 spiro atoms. The Morgan fingerprint density at radius 3 is 2.65 bits per heavy atom. The molecule has 1 aromatic heterocycles. The van der Waals surface area contributed by atoms with Crippen LogP contribution in [0.1, 0.15) is 23.7 Å². The van der Waals surface area contributed by atoms with Crippen molar-refractivity contribution in [3.8, 4) is 0 Å². The molecule has 0 aliphatic carbocycles. The number of nitrogens with zero attached hydrogens (tertiary/aromatic N) is 2. The Labute approximate surface area is 101 Å². The average Bonchev–Trinajstić information content (AvgIpc) is 2.77. The van der Waals surface area contributed by atoms with Crippen LogP contribution in [0.25, 0.3) is 0 Å². The smallest absolute Gasteiger partial charge is 0.0492 e. The van der Waals surface area contributed by atoms with Gasteiger partial charge >= 0.3 is 0 Å². The summed E-state index contributed by atoms with van der Waals surface area (Å²) in [5.74, 6) is 5.61. The highest BCUT2D eigenvalue weighted by atomic mass is 15.3. The SMILES string of the molecule is Cn1nccc1CCC(NN)c1ccccc1. The van der Waals surface area contributed by atoms with Gasteiger partial charge < -0.3 is 0 Å². The van der Waals surface area contributed by atoms with Gasteiger partial charge in [-0.3, -0.25) is 16.0 Å². The summed E-state index contributed by atoms with van der Waals surface area (Å²) in [5.41, 5.74) is 5.31. The molecule has 0 fully saturated rings. The number of aromatic nitrogens is 2. The summed E-state index contributed by atoms with van der Waals surface area (Å²) in [6, 6.07) is 12.5. The molecule has 4 nitrogen and oxygen atoms in total. The van der Waals surface area contributed by atoms with Gasteiger partial charge in [0.25, 0.3) is 0 Å². The molecule has 0 saturated carbocycles. The van der Waals surface area contributed by atoms with Crippen LogP contribution in [0.2, 0.25) is 0 Å². The third-order valence-corrected chi connectivity index (χ3v) is 3.01. The Morgan fingerprint density at radius 2 is 2.06 bits per heavy atom. The van der Waals surface area contributed by atoms with E-state index >= 15 is 0 Å². The third kappa shape index (κ3) is 2.93. The van der Waals surface area contributed by atoms with Crippen LogP contribution in [0.4, 0.5) is 0 Å². The van der Waals surface area contributed by atoms with Gasteiger partial charge in [0.2, 0.25) is 0 Å². The van der Waals surface area contributed by atoms with Crippen LogP contribution < -0.4 is 11.3 Å². The molecule has 0 aliphatic rings. The second-order valence-electron chi connectivity index (χ2n) is 4.11. The predicted molar refractivity (Wildman–Crippen MR) is 68.0 cm³/mol. The highest BCUT2D eigenvalue weighted by Crippen LogP contribution is 2.17. The standard InChI is InChI=1S/C13H18N4/c1-17-12(9-10-15-17)7-8-13(16-14)11-5-3-2-4-6-11/h2-6,9-10,13,16H,7-8,14H2,1H3. The van der Waals surface area contributed by atoms with Crippen molar-refractivity contribution in [3.05, 3.63) is 53.9 Å². The Kier molecular flexibility index (Phi) is 3.90. The molecule has 1 aromatic carbocycles. The fourth-order valence-electron chi connectivity index (χ4n) is 1.97. The molecule has 0 aliphatic heterocycles. The lowest BCUT2D eigenvalue weighted by atomic mass is 10.0. The number of hydrogen-bond acceptors (Lipinski definition) is 3. The molecule has 1 atom stereocenters. The molecule has 3 N–H and O–H groups in total. The second-order valence-corrected chi connectivity index (χ2v) is 4.11. The molecule has 2 rings (SSSR count). The molecule has 0 bridgehead atoms. The summed E-state index contributed by atoms with van der Waals surface area (Å²) < 4.78 is 1.90. The molecule has 0 saturated heterocycles. The van der Waals surface area contributed by atoms with E-state index in [0.717, 1.165) is 12.8 Å². The van der Waals surface area contributed by atoms with Crippen molar-refractivity contribution in [2.45, 2.75) is 18.9 Å². The average molecular weight is 230 g/mol. The highest BCUT2D eigenvalue weighted by Gasteiger charge is 2.10. The first-order valence-corrected chi connectivity index (χ1v) is 5.79. The van der Waals surface area contributed by atoms with Crippen molar-refractivity contribution in [2.75, 3.05) is 0 Å². The van der Waals surface area contributed by atoms with E-state index in [1.165, 1.54) is 11.3 Å². The number of nitrogens with one attached hydrogen (secondary N) is 1. The first-order chi connectivity index (χ1) is 8.31. The van der Waals surface area contributed by atoms with Crippen LogP contribution in [0.15, 0.2) is 42.6 Å². The maximum atomic E-state index is 5.61. The second kappa shape index (κ2) is 5.61. The summed E-state index contributed by atoms with van der Waals surface area (Å²) in [5, 5.41) is 4.16. The Hall–Kier alpha value is -1.65. The van der Waals surface area contributed by atoms with Gasteiger partial charge in [0.05, 0.1) is 0 Å². The first-order valence-electron chi connectivity index (χ1n) is 5.79. The van der Waals surface area contributed by atoms with Crippen molar-refractivity contribution in [3.63, 3.8) is 0 Å². The van der Waals surface area contributed by atoms with Crippen molar-refractivity contribution < 1.29 is 0 Å². The molecule has 17 heavy (non-hydrogen) atoms. The number of hydrogen-bond donors (Lipinski definition) is 2. The normalized spacial score (nSPS) is 12.6. The maximum absolute atomic E-state index is 5.61. The van der Waals surface area contributed by atoms with Crippen LogP contribution in [0.5, 0.6) is 0 Å². The van der Waals surface area contributed by atoms with Gasteiger partial charge in [-0.05, 0) is 24.5 Å². The quantitative estimate of drug-likeness (QED) is 0.605. The highest BCUT2D eigenvalue weighted by molar-refractivity contribution is 5.19. The van der Waals surface area contributed by atoms with E-state index in [9.17, 15) is 0 Å². The Morgan fingerprint density at radius 1 is 1.29 bits per heavy atom. The van der Waals surface area contributed by atoms with E-state index in [2.05, 4.69) is 22.7 Å². The lowest BCUT2D eigenvalue weighted by molar-refractivity contribution is 0.507. The summed E-state index contributed by atoms with van der Waals surface area (Å²) in [6.45, 7) is 0. The van der Waals surface area contributed by atoms with Crippen molar-refractivity contribution >= 4 is 0 Å². The zero-order valence-corrected chi connectivity index (χ0v) is 10.0. The molecule has 0 amide bonds. The number of rotatable bonds is 5. The zero-order valence-electron chi connectivity index (χ0n) is 10.0. The third-order valence-electron chi connectivity index (χ3n) is 3.01. The molecular formula is C13H18N4. The van der Waals surface area contributed by atoms with E-state index in [1.54, 1.807) is 0 Å². The minimum absolute atomic E-state index is 0.186. The number of hydrazine groups is 1. The van der Waals surface area contributed by atoms with Crippen LogP contribution >= 0.6 is 0 Å². The number of aryl methyl sites for hydroxylation is 2. The maximum Gasteiger partial charge on any atom is 0.0492 e. The summed E-state index contributed by atoms with van der Waals surface area (Å²) in [6.07, 6.45) is 3.74. The molecule has 90 valence electrons. The van der Waals surface area contributed by atoms with E-state index < -0.39 is 0 Å². The Bertz CT molecular complexity index is 449. The summed E-state index contributed by atoms with van der Waals surface area (Å²) in [4.78, 5) is 0. The minimum Gasteiger partial charge on any atom is -0.273 e. The van der Waals surface area contributed by atoms with Gasteiger partial charge in [-0.25, -0.2) is 0 Å². The molecule has 1 heterocycles. The van der Waals surface area contributed by atoms with E-state index in [1.807, 2.05) is 42.2 Å². The van der Waals surface area contributed by atoms with Gasteiger partial charge in [-0.15, -0.1) is 0 Å². The van der Waals surface area contributed by atoms with Crippen molar-refractivity contribution in [1.29, 1.82) is 0 Å². The summed E-state index contributed by atoms with van der Waals surface area (Å²) >= 11 is 0. The molecule has 2 aromatic rings. The van der Waals surface area contributed by atoms with Crippen LogP contribution in [0, 0.1) is 0 Å². The lowest BCUT2D eigenvalue weighted by Gasteiger charge is -2.16. The molecule has 4 heteroatoms. The van der Waals surface area contributed by atoms with Gasteiger partial charge in [0, 0.05) is 25.0 Å². The first kappa shape index (κ1) is 11.8. The number of nitrogens with two attached hydrogens (primary N) is 1. The largest absolute Gasteiger partial charge is 0.273 e. The minimum atomic E-state index is 0.186. The lowest BCUT2D eigenvalue weighted by Crippen LogP contribution is -2.28. The van der Waals surface area contributed by atoms with E-state index in [-0.39, 0.29) is 6.04 Å². The molecule has 1 unspecified atom stereocenters. The van der Waals surface area contributed by atoms with E-state index in [0.29, 0.717) is 0 Å². The van der Waals surface area contributed by atoms with Gasteiger partial charge in [0.1, 0.15) is 0 Å². The fourth-order valence-corrected chi connectivity index (χ4v) is 1.97.